The third-order valence-corrected chi connectivity index (χ3v) is 2.90. The van der Waals surface area contributed by atoms with E-state index in [4.69, 9.17) is 9.79 Å². The highest BCUT2D eigenvalue weighted by Gasteiger charge is 2.30. The minimum Gasteiger partial charge on any atom is -0.324 e. The Bertz CT molecular complexity index is 137. The molecule has 9 heavy (non-hydrogen) atoms. The van der Waals surface area contributed by atoms with Gasteiger partial charge in [0.2, 0.25) is 0 Å². The normalized spacial score (nSPS) is 28.9. The van der Waals surface area contributed by atoms with Crippen molar-refractivity contribution < 1.29 is 14.4 Å². The zero-order chi connectivity index (χ0) is 6.91. The largest absolute Gasteiger partial charge is 0.329 e. The van der Waals surface area contributed by atoms with Crippen LogP contribution in [-0.4, -0.2) is 28.5 Å². The topological polar surface area (TPSA) is 69.6 Å². The first-order chi connectivity index (χ1) is 4.11. The Morgan fingerprint density at radius 2 is 2.22 bits per heavy atom. The highest BCUT2D eigenvalue weighted by Crippen LogP contribution is 2.43. The third kappa shape index (κ3) is 1.76. The lowest BCUT2D eigenvalue weighted by Gasteiger charge is -2.08. The molecular formula is C4H10NO3P. The van der Waals surface area contributed by atoms with E-state index in [1.54, 1.807) is 0 Å². The van der Waals surface area contributed by atoms with Crippen molar-refractivity contribution in [1.82, 2.24) is 5.32 Å². The summed E-state index contributed by atoms with van der Waals surface area (Å²) in [6, 6.07) is 0. The number of hydrogen-bond acceptors (Lipinski definition) is 2. The van der Waals surface area contributed by atoms with Gasteiger partial charge in [-0.2, -0.15) is 0 Å². The van der Waals surface area contributed by atoms with E-state index >= 15 is 0 Å². The second-order valence-electron chi connectivity index (χ2n) is 2.24. The molecule has 4 nitrogen and oxygen atoms in total. The number of nitrogens with one attached hydrogen (secondary N) is 1. The molecule has 1 aliphatic rings. The van der Waals surface area contributed by atoms with Gasteiger partial charge in [0.25, 0.3) is 0 Å². The summed E-state index contributed by atoms with van der Waals surface area (Å²) >= 11 is 0. The van der Waals surface area contributed by atoms with E-state index in [1.807, 2.05) is 0 Å². The van der Waals surface area contributed by atoms with Gasteiger partial charge in [-0.3, -0.25) is 4.57 Å². The Morgan fingerprint density at radius 3 is 2.44 bits per heavy atom. The van der Waals surface area contributed by atoms with Crippen LogP contribution in [0.25, 0.3) is 0 Å². The van der Waals surface area contributed by atoms with Crippen LogP contribution in [0.1, 0.15) is 6.42 Å². The minimum atomic E-state index is -3.78. The van der Waals surface area contributed by atoms with Crippen LogP contribution in [0.3, 0.4) is 0 Å². The minimum absolute atomic E-state index is 0.433. The maximum atomic E-state index is 10.5. The third-order valence-electron chi connectivity index (χ3n) is 1.51. The van der Waals surface area contributed by atoms with Gasteiger partial charge in [0.15, 0.2) is 0 Å². The zero-order valence-corrected chi connectivity index (χ0v) is 5.84. The summed E-state index contributed by atoms with van der Waals surface area (Å²) in [7, 11) is -3.78. The molecule has 1 heterocycles. The van der Waals surface area contributed by atoms with E-state index in [-0.39, 0.29) is 0 Å². The van der Waals surface area contributed by atoms with Crippen molar-refractivity contribution in [2.75, 3.05) is 13.1 Å². The van der Waals surface area contributed by atoms with E-state index in [0.717, 1.165) is 6.54 Å². The highest BCUT2D eigenvalue weighted by atomic mass is 31.2. The Morgan fingerprint density at radius 1 is 1.56 bits per heavy atom. The molecule has 1 saturated heterocycles. The fourth-order valence-electron chi connectivity index (χ4n) is 0.927. The molecule has 54 valence electrons. The van der Waals surface area contributed by atoms with Crippen molar-refractivity contribution in [2.24, 2.45) is 0 Å². The molecule has 1 aliphatic heterocycles. The van der Waals surface area contributed by atoms with Crippen LogP contribution in [0, 0.1) is 0 Å². The predicted molar refractivity (Wildman–Crippen MR) is 33.3 cm³/mol. The molecule has 0 amide bonds. The first-order valence-electron chi connectivity index (χ1n) is 2.86. The monoisotopic (exact) mass is 151 g/mol. The second kappa shape index (κ2) is 2.39. The van der Waals surface area contributed by atoms with E-state index in [9.17, 15) is 4.57 Å². The predicted octanol–water partition coefficient (Wildman–Crippen LogP) is -0.474. The van der Waals surface area contributed by atoms with Crippen LogP contribution in [0.2, 0.25) is 0 Å². The van der Waals surface area contributed by atoms with Crippen LogP contribution in [0.5, 0.6) is 0 Å². The molecule has 0 aromatic carbocycles. The van der Waals surface area contributed by atoms with Crippen LogP contribution >= 0.6 is 7.60 Å². The number of rotatable bonds is 1. The summed E-state index contributed by atoms with van der Waals surface area (Å²) in [6.07, 6.45) is 0.601. The Hall–Kier alpha value is 0.110. The van der Waals surface area contributed by atoms with Crippen molar-refractivity contribution in [3.63, 3.8) is 0 Å². The molecule has 0 aromatic rings. The van der Waals surface area contributed by atoms with E-state index in [1.165, 1.54) is 0 Å². The smallest absolute Gasteiger partial charge is 0.324 e. The van der Waals surface area contributed by atoms with Crippen LogP contribution in [0.15, 0.2) is 0 Å². The van der Waals surface area contributed by atoms with Gasteiger partial charge in [-0.25, -0.2) is 0 Å². The lowest BCUT2D eigenvalue weighted by atomic mass is 10.4. The van der Waals surface area contributed by atoms with Gasteiger partial charge in [0.05, 0.1) is 5.66 Å². The maximum absolute atomic E-state index is 10.5. The van der Waals surface area contributed by atoms with Crippen molar-refractivity contribution in [2.45, 2.75) is 12.1 Å². The van der Waals surface area contributed by atoms with E-state index in [0.29, 0.717) is 13.0 Å². The summed E-state index contributed by atoms with van der Waals surface area (Å²) in [4.78, 5) is 17.2. The Labute approximate surface area is 53.4 Å². The van der Waals surface area contributed by atoms with E-state index < -0.39 is 13.3 Å². The summed E-state index contributed by atoms with van der Waals surface area (Å²) in [5, 5.41) is 2.89. The van der Waals surface area contributed by atoms with Crippen molar-refractivity contribution in [1.29, 1.82) is 0 Å². The van der Waals surface area contributed by atoms with Gasteiger partial charge in [0, 0.05) is 6.54 Å². The molecule has 0 aromatic heterocycles. The Balaban J connectivity index is 2.52. The molecule has 1 fully saturated rings. The highest BCUT2D eigenvalue weighted by molar-refractivity contribution is 7.52. The molecule has 0 unspecified atom stereocenters. The molecule has 5 heteroatoms. The fraction of sp³-hybridized carbons (Fsp3) is 1.00. The quantitative estimate of drug-likeness (QED) is 0.443. The molecular weight excluding hydrogens is 141 g/mol. The van der Waals surface area contributed by atoms with Gasteiger partial charge in [-0.15, -0.1) is 0 Å². The first kappa shape index (κ1) is 7.22. The lowest BCUT2D eigenvalue weighted by molar-refractivity contribution is 0.360. The standard InChI is InChI=1S/C4H10NO3P/c6-9(7,8)4-1-2-5-3-4/h4-5H,1-3H2,(H2,6,7,8)/t4-/m1/s1. The molecule has 0 bridgehead atoms. The van der Waals surface area contributed by atoms with Gasteiger partial charge >= 0.3 is 7.60 Å². The molecule has 1 rings (SSSR count). The fourth-order valence-corrected chi connectivity index (χ4v) is 1.76. The molecule has 1 atom stereocenters. The summed E-state index contributed by atoms with van der Waals surface area (Å²) in [5.41, 5.74) is -0.433. The van der Waals surface area contributed by atoms with Crippen molar-refractivity contribution in [3.8, 4) is 0 Å². The lowest BCUT2D eigenvalue weighted by Crippen LogP contribution is -2.13. The van der Waals surface area contributed by atoms with Gasteiger partial charge in [-0.1, -0.05) is 0 Å². The van der Waals surface area contributed by atoms with E-state index in [2.05, 4.69) is 5.32 Å². The average Bonchev–Trinajstić information content (AvgIpc) is 2.08. The maximum Gasteiger partial charge on any atom is 0.329 e. The molecule has 0 saturated carbocycles. The van der Waals surface area contributed by atoms with Crippen LogP contribution in [0.4, 0.5) is 0 Å². The van der Waals surface area contributed by atoms with Gasteiger partial charge in [0.1, 0.15) is 0 Å². The molecule has 0 aliphatic carbocycles. The van der Waals surface area contributed by atoms with Gasteiger partial charge in [-0.05, 0) is 13.0 Å². The molecule has 3 N–H and O–H groups in total. The van der Waals surface area contributed by atoms with Gasteiger partial charge < -0.3 is 15.1 Å². The molecule has 0 radical (unpaired) electrons. The number of hydrogen-bond donors (Lipinski definition) is 3. The zero-order valence-electron chi connectivity index (χ0n) is 4.95. The first-order valence-corrected chi connectivity index (χ1v) is 4.55. The van der Waals surface area contributed by atoms with Crippen molar-refractivity contribution in [3.05, 3.63) is 0 Å². The summed E-state index contributed by atoms with van der Waals surface area (Å²) in [5.74, 6) is 0. The average molecular weight is 151 g/mol. The van der Waals surface area contributed by atoms with Crippen molar-refractivity contribution >= 4 is 7.60 Å². The SMILES string of the molecule is O=P(O)(O)[C@@H]1CCNC1. The van der Waals surface area contributed by atoms with Crippen LogP contribution < -0.4 is 5.32 Å². The van der Waals surface area contributed by atoms with Crippen LogP contribution in [-0.2, 0) is 4.57 Å². The Kier molecular flexibility index (Phi) is 1.91. The molecule has 0 spiro atoms. The summed E-state index contributed by atoms with van der Waals surface area (Å²) in [6.45, 7) is 1.19. The summed E-state index contributed by atoms with van der Waals surface area (Å²) < 4.78 is 10.5. The second-order valence-corrected chi connectivity index (χ2v) is 4.14.